The van der Waals surface area contributed by atoms with Crippen LogP contribution in [-0.4, -0.2) is 36.5 Å². The van der Waals surface area contributed by atoms with E-state index in [-0.39, 0.29) is 5.91 Å². The maximum atomic E-state index is 12.6. The van der Waals surface area contributed by atoms with Crippen LogP contribution in [0.3, 0.4) is 0 Å². The van der Waals surface area contributed by atoms with Crippen LogP contribution in [0.25, 0.3) is 11.0 Å². The third-order valence-electron chi connectivity index (χ3n) is 5.80. The van der Waals surface area contributed by atoms with Crippen LogP contribution in [0.4, 0.5) is 0 Å². The molecule has 1 N–H and O–H groups in total. The van der Waals surface area contributed by atoms with Crippen molar-refractivity contribution in [2.75, 3.05) is 19.6 Å². The third-order valence-corrected chi connectivity index (χ3v) is 5.80. The Kier molecular flexibility index (Phi) is 4.31. The van der Waals surface area contributed by atoms with E-state index in [1.54, 1.807) is 0 Å². The van der Waals surface area contributed by atoms with Crippen LogP contribution in [0.2, 0.25) is 0 Å². The average Bonchev–Trinajstić information content (AvgIpc) is 2.97. The lowest BCUT2D eigenvalue weighted by Crippen LogP contribution is -2.51. The molecule has 0 saturated carbocycles. The molecule has 4 heteroatoms. The maximum absolute atomic E-state index is 12.6. The van der Waals surface area contributed by atoms with Crippen LogP contribution in [0.5, 0.6) is 0 Å². The number of piperidine rings is 2. The van der Waals surface area contributed by atoms with Crippen molar-refractivity contribution in [3.05, 3.63) is 35.6 Å². The summed E-state index contributed by atoms with van der Waals surface area (Å²) in [5.41, 5.74) is 1.72. The number of hydrogen-bond donors (Lipinski definition) is 1. The van der Waals surface area contributed by atoms with Crippen molar-refractivity contribution in [1.29, 1.82) is 0 Å². The molecule has 2 saturated heterocycles. The normalized spacial score (nSPS) is 24.7. The highest BCUT2D eigenvalue weighted by molar-refractivity contribution is 5.98. The van der Waals surface area contributed by atoms with Crippen molar-refractivity contribution in [3.8, 4) is 0 Å². The van der Waals surface area contributed by atoms with E-state index in [2.05, 4.69) is 10.2 Å². The fourth-order valence-electron chi connectivity index (χ4n) is 4.51. The maximum Gasteiger partial charge on any atom is 0.287 e. The van der Waals surface area contributed by atoms with Crippen molar-refractivity contribution >= 4 is 16.9 Å². The molecule has 2 atom stereocenters. The highest BCUT2D eigenvalue weighted by atomic mass is 16.3. The van der Waals surface area contributed by atoms with Crippen LogP contribution in [0, 0.1) is 12.8 Å². The van der Waals surface area contributed by atoms with Crippen LogP contribution in [0.1, 0.15) is 48.2 Å². The van der Waals surface area contributed by atoms with Gasteiger partial charge in [-0.2, -0.15) is 0 Å². The van der Waals surface area contributed by atoms with Crippen molar-refractivity contribution in [2.24, 2.45) is 5.92 Å². The van der Waals surface area contributed by atoms with E-state index < -0.39 is 0 Å². The molecule has 128 valence electrons. The van der Waals surface area contributed by atoms with E-state index >= 15 is 0 Å². The summed E-state index contributed by atoms with van der Waals surface area (Å²) in [6.45, 7) is 5.19. The molecule has 2 aliphatic rings. The molecular formula is C20H26N2O2. The average molecular weight is 326 g/mol. The zero-order valence-corrected chi connectivity index (χ0v) is 14.4. The first-order valence-electron chi connectivity index (χ1n) is 9.24. The van der Waals surface area contributed by atoms with Gasteiger partial charge in [-0.3, -0.25) is 4.79 Å². The standard InChI is InChI=1S/C20H26N2O2/c1-14-16-8-2-3-10-18(16)24-19(14)20(23)21-13-15-7-6-12-22-11-5-4-9-17(15)22/h2-3,8,10,15,17H,4-7,9,11-13H2,1H3,(H,21,23)/t15-,17+/m0/s1. The second kappa shape index (κ2) is 6.60. The number of rotatable bonds is 3. The monoisotopic (exact) mass is 326 g/mol. The number of benzene rings is 1. The summed E-state index contributed by atoms with van der Waals surface area (Å²) in [7, 11) is 0. The lowest BCUT2D eigenvalue weighted by atomic mass is 9.83. The number of para-hydroxylation sites is 1. The Bertz CT molecular complexity index is 734. The van der Waals surface area contributed by atoms with Gasteiger partial charge in [-0.15, -0.1) is 0 Å². The summed E-state index contributed by atoms with van der Waals surface area (Å²) in [4.78, 5) is 15.3. The van der Waals surface area contributed by atoms with E-state index in [0.29, 0.717) is 17.7 Å². The summed E-state index contributed by atoms with van der Waals surface area (Å²) in [6, 6.07) is 8.50. The number of carbonyl (C=O) groups excluding carboxylic acids is 1. The van der Waals surface area contributed by atoms with Gasteiger partial charge in [0.15, 0.2) is 5.76 Å². The largest absolute Gasteiger partial charge is 0.451 e. The first-order chi connectivity index (χ1) is 11.7. The molecule has 2 aliphatic heterocycles. The van der Waals surface area contributed by atoms with E-state index in [1.165, 1.54) is 45.2 Å². The summed E-state index contributed by atoms with van der Waals surface area (Å²) >= 11 is 0. The molecule has 24 heavy (non-hydrogen) atoms. The molecule has 1 amide bonds. The Balaban J connectivity index is 1.44. The van der Waals surface area contributed by atoms with Crippen molar-refractivity contribution in [3.63, 3.8) is 0 Å². The smallest absolute Gasteiger partial charge is 0.287 e. The van der Waals surface area contributed by atoms with Crippen LogP contribution in [-0.2, 0) is 0 Å². The first-order valence-corrected chi connectivity index (χ1v) is 9.24. The summed E-state index contributed by atoms with van der Waals surface area (Å²) in [5.74, 6) is 0.969. The Morgan fingerprint density at radius 2 is 2.04 bits per heavy atom. The van der Waals surface area contributed by atoms with E-state index in [4.69, 9.17) is 4.42 Å². The number of carbonyl (C=O) groups is 1. The van der Waals surface area contributed by atoms with Gasteiger partial charge in [0.2, 0.25) is 0 Å². The number of aryl methyl sites for hydroxylation is 1. The summed E-state index contributed by atoms with van der Waals surface area (Å²) < 4.78 is 5.78. The first kappa shape index (κ1) is 15.7. The van der Waals surface area contributed by atoms with Crippen molar-refractivity contribution in [1.82, 2.24) is 10.2 Å². The molecule has 4 nitrogen and oxygen atoms in total. The predicted molar refractivity (Wildman–Crippen MR) is 95.2 cm³/mol. The van der Waals surface area contributed by atoms with Crippen LogP contribution < -0.4 is 5.32 Å². The Labute approximate surface area is 143 Å². The molecule has 0 unspecified atom stereocenters. The van der Waals surface area contributed by atoms with E-state index in [0.717, 1.165) is 23.1 Å². The minimum Gasteiger partial charge on any atom is -0.451 e. The number of nitrogens with one attached hydrogen (secondary N) is 1. The molecule has 2 aromatic rings. The van der Waals surface area contributed by atoms with Crippen molar-refractivity contribution < 1.29 is 9.21 Å². The van der Waals surface area contributed by atoms with E-state index in [1.807, 2.05) is 31.2 Å². The third kappa shape index (κ3) is 2.84. The molecule has 1 aromatic heterocycles. The van der Waals surface area contributed by atoms with Gasteiger partial charge in [0.1, 0.15) is 5.58 Å². The highest BCUT2D eigenvalue weighted by Gasteiger charge is 2.33. The zero-order chi connectivity index (χ0) is 16.5. The zero-order valence-electron chi connectivity index (χ0n) is 14.4. The highest BCUT2D eigenvalue weighted by Crippen LogP contribution is 2.30. The molecule has 1 aromatic carbocycles. The number of hydrogen-bond acceptors (Lipinski definition) is 3. The number of nitrogens with zero attached hydrogens (tertiary/aromatic N) is 1. The summed E-state index contributed by atoms with van der Waals surface area (Å²) in [6.07, 6.45) is 6.41. The molecule has 4 rings (SSSR count). The minimum atomic E-state index is -0.0726. The lowest BCUT2D eigenvalue weighted by Gasteiger charge is -2.44. The molecule has 0 bridgehead atoms. The van der Waals surface area contributed by atoms with Crippen LogP contribution in [0.15, 0.2) is 28.7 Å². The number of amides is 1. The Hall–Kier alpha value is -1.81. The van der Waals surface area contributed by atoms with Gasteiger partial charge in [0.05, 0.1) is 0 Å². The van der Waals surface area contributed by atoms with Gasteiger partial charge in [0.25, 0.3) is 5.91 Å². The number of fused-ring (bicyclic) bond motifs is 2. The quantitative estimate of drug-likeness (QED) is 0.934. The SMILES string of the molecule is Cc1c(C(=O)NC[C@@H]2CCCN3CCCC[C@H]23)oc2ccccc12. The van der Waals surface area contributed by atoms with Gasteiger partial charge in [0, 0.05) is 23.5 Å². The Morgan fingerprint density at radius 3 is 2.92 bits per heavy atom. The van der Waals surface area contributed by atoms with Gasteiger partial charge >= 0.3 is 0 Å². The minimum absolute atomic E-state index is 0.0726. The fourth-order valence-corrected chi connectivity index (χ4v) is 4.51. The second-order valence-corrected chi connectivity index (χ2v) is 7.26. The summed E-state index contributed by atoms with van der Waals surface area (Å²) in [5, 5.41) is 4.17. The molecule has 0 aliphatic carbocycles. The fraction of sp³-hybridized carbons (Fsp3) is 0.550. The molecule has 0 radical (unpaired) electrons. The van der Waals surface area contributed by atoms with Gasteiger partial charge in [-0.05, 0) is 57.7 Å². The van der Waals surface area contributed by atoms with Gasteiger partial charge in [-0.25, -0.2) is 0 Å². The van der Waals surface area contributed by atoms with Gasteiger partial charge in [-0.1, -0.05) is 24.6 Å². The predicted octanol–water partition coefficient (Wildman–Crippen LogP) is 3.74. The van der Waals surface area contributed by atoms with Gasteiger partial charge < -0.3 is 14.6 Å². The van der Waals surface area contributed by atoms with Crippen molar-refractivity contribution in [2.45, 2.75) is 45.1 Å². The molecular weight excluding hydrogens is 300 g/mol. The van der Waals surface area contributed by atoms with E-state index in [9.17, 15) is 4.79 Å². The topological polar surface area (TPSA) is 45.5 Å². The second-order valence-electron chi connectivity index (χ2n) is 7.26. The lowest BCUT2D eigenvalue weighted by molar-refractivity contribution is 0.0572. The molecule has 3 heterocycles. The Morgan fingerprint density at radius 1 is 1.21 bits per heavy atom. The molecule has 0 spiro atoms. The number of furan rings is 1. The molecule has 2 fully saturated rings. The van der Waals surface area contributed by atoms with Crippen LogP contribution >= 0.6 is 0 Å².